The Morgan fingerprint density at radius 3 is 2.31 bits per heavy atom. The number of aromatic nitrogens is 5. The Hall–Kier alpha value is -4.92. The molecule has 0 unspecified atom stereocenters. The van der Waals surface area contributed by atoms with E-state index in [-0.39, 0.29) is 35.7 Å². The molecule has 0 amide bonds. The van der Waals surface area contributed by atoms with E-state index in [1.54, 1.807) is 36.0 Å². The SMILES string of the molecule is Cc1ccnc(C(=O)CC(=O)c2cc(Cc3ccccc3)cc(Cn3cnc4c(=O)n(C)c(=O)n(C)c43)c2)c1. The van der Waals surface area contributed by atoms with E-state index < -0.39 is 11.2 Å². The molecule has 0 radical (unpaired) electrons. The lowest BCUT2D eigenvalue weighted by Gasteiger charge is -2.12. The molecular weight excluding hydrogens is 494 g/mol. The number of rotatable bonds is 8. The van der Waals surface area contributed by atoms with Gasteiger partial charge in [-0.3, -0.25) is 28.5 Å². The fourth-order valence-electron chi connectivity index (χ4n) is 4.73. The van der Waals surface area contributed by atoms with Crippen LogP contribution >= 0.6 is 0 Å². The topological polar surface area (TPSA) is 109 Å². The normalized spacial score (nSPS) is 11.2. The van der Waals surface area contributed by atoms with Crippen LogP contribution in [0, 0.1) is 6.92 Å². The highest BCUT2D eigenvalue weighted by atomic mass is 16.2. The second-order valence-corrected chi connectivity index (χ2v) is 9.69. The second kappa shape index (κ2) is 10.4. The molecule has 0 aliphatic heterocycles. The fourth-order valence-corrected chi connectivity index (χ4v) is 4.73. The molecular formula is C30H27N5O4. The minimum atomic E-state index is -0.469. The Morgan fingerprint density at radius 2 is 1.56 bits per heavy atom. The van der Waals surface area contributed by atoms with Gasteiger partial charge in [-0.2, -0.15) is 0 Å². The van der Waals surface area contributed by atoms with Gasteiger partial charge in [-0.15, -0.1) is 0 Å². The lowest BCUT2D eigenvalue weighted by molar-refractivity contribution is 0.0891. The molecule has 2 aromatic carbocycles. The van der Waals surface area contributed by atoms with Gasteiger partial charge in [-0.1, -0.05) is 36.4 Å². The number of hydrogen-bond acceptors (Lipinski definition) is 6. The zero-order chi connectivity index (χ0) is 27.7. The largest absolute Gasteiger partial charge is 0.332 e. The number of carbonyl (C=O) groups excluding carboxylic acids is 2. The molecule has 0 fully saturated rings. The summed E-state index contributed by atoms with van der Waals surface area (Å²) in [6, 6.07) is 18.9. The summed E-state index contributed by atoms with van der Waals surface area (Å²) >= 11 is 0. The molecule has 39 heavy (non-hydrogen) atoms. The molecule has 0 aliphatic rings. The average Bonchev–Trinajstić information content (AvgIpc) is 3.34. The Kier molecular flexibility index (Phi) is 6.89. The minimum Gasteiger partial charge on any atom is -0.312 e. The Labute approximate surface area is 224 Å². The Bertz CT molecular complexity index is 1850. The van der Waals surface area contributed by atoms with E-state index in [1.165, 1.54) is 17.9 Å². The maximum atomic E-state index is 13.3. The van der Waals surface area contributed by atoms with E-state index in [0.717, 1.165) is 26.8 Å². The number of nitrogens with zero attached hydrogens (tertiary/aromatic N) is 5. The summed E-state index contributed by atoms with van der Waals surface area (Å²) in [5.41, 5.74) is 3.98. The summed E-state index contributed by atoms with van der Waals surface area (Å²) in [5.74, 6) is -0.651. The van der Waals surface area contributed by atoms with Crippen LogP contribution in [0.15, 0.2) is 82.8 Å². The van der Waals surface area contributed by atoms with Gasteiger partial charge in [-0.05, 0) is 59.9 Å². The molecule has 0 atom stereocenters. The van der Waals surface area contributed by atoms with Crippen LogP contribution in [0.1, 0.15) is 49.5 Å². The first kappa shape index (κ1) is 25.7. The third-order valence-electron chi connectivity index (χ3n) is 6.71. The number of ketones is 2. The van der Waals surface area contributed by atoms with Crippen LogP contribution in [-0.2, 0) is 27.1 Å². The van der Waals surface area contributed by atoms with E-state index in [4.69, 9.17) is 0 Å². The molecule has 0 bridgehead atoms. The molecule has 0 spiro atoms. The second-order valence-electron chi connectivity index (χ2n) is 9.69. The lowest BCUT2D eigenvalue weighted by Crippen LogP contribution is -2.37. The van der Waals surface area contributed by atoms with Crippen molar-refractivity contribution in [1.82, 2.24) is 23.7 Å². The molecule has 3 heterocycles. The zero-order valence-electron chi connectivity index (χ0n) is 21.9. The van der Waals surface area contributed by atoms with Gasteiger partial charge in [0.05, 0.1) is 19.3 Å². The van der Waals surface area contributed by atoms with Crippen LogP contribution in [0.3, 0.4) is 0 Å². The van der Waals surface area contributed by atoms with Crippen molar-refractivity contribution in [3.05, 3.63) is 128 Å². The number of Topliss-reactive ketones (excluding diaryl/α,β-unsaturated/α-hetero) is 2. The van der Waals surface area contributed by atoms with Crippen molar-refractivity contribution >= 4 is 22.7 Å². The average molecular weight is 522 g/mol. The number of aryl methyl sites for hydroxylation is 2. The van der Waals surface area contributed by atoms with E-state index >= 15 is 0 Å². The summed E-state index contributed by atoms with van der Waals surface area (Å²) in [7, 11) is 3.01. The van der Waals surface area contributed by atoms with Crippen LogP contribution < -0.4 is 11.2 Å². The maximum absolute atomic E-state index is 13.3. The Morgan fingerprint density at radius 1 is 0.821 bits per heavy atom. The van der Waals surface area contributed by atoms with Crippen LogP contribution in [-0.4, -0.2) is 35.2 Å². The van der Waals surface area contributed by atoms with Gasteiger partial charge >= 0.3 is 5.69 Å². The first-order valence-corrected chi connectivity index (χ1v) is 12.5. The van der Waals surface area contributed by atoms with Crippen LogP contribution in [0.5, 0.6) is 0 Å². The number of imidazole rings is 1. The molecule has 5 aromatic rings. The minimum absolute atomic E-state index is 0.188. The van der Waals surface area contributed by atoms with Crippen molar-refractivity contribution in [2.75, 3.05) is 0 Å². The molecule has 0 aliphatic carbocycles. The van der Waals surface area contributed by atoms with Crippen molar-refractivity contribution in [2.45, 2.75) is 26.3 Å². The molecule has 5 rings (SSSR count). The highest BCUT2D eigenvalue weighted by Crippen LogP contribution is 2.19. The van der Waals surface area contributed by atoms with Gasteiger partial charge in [0.2, 0.25) is 0 Å². The Balaban J connectivity index is 1.53. The maximum Gasteiger partial charge on any atom is 0.332 e. The number of benzene rings is 2. The summed E-state index contributed by atoms with van der Waals surface area (Å²) in [6.45, 7) is 2.14. The number of pyridine rings is 1. The highest BCUT2D eigenvalue weighted by Gasteiger charge is 2.18. The van der Waals surface area contributed by atoms with Gasteiger partial charge in [-0.25, -0.2) is 9.78 Å². The van der Waals surface area contributed by atoms with E-state index in [2.05, 4.69) is 9.97 Å². The van der Waals surface area contributed by atoms with E-state index in [0.29, 0.717) is 17.6 Å². The molecule has 9 heteroatoms. The molecule has 196 valence electrons. The first-order valence-electron chi connectivity index (χ1n) is 12.5. The molecule has 0 saturated carbocycles. The van der Waals surface area contributed by atoms with Gasteiger partial charge in [0.25, 0.3) is 5.56 Å². The summed E-state index contributed by atoms with van der Waals surface area (Å²) in [4.78, 5) is 59.6. The van der Waals surface area contributed by atoms with Crippen molar-refractivity contribution in [3.63, 3.8) is 0 Å². The van der Waals surface area contributed by atoms with E-state index in [9.17, 15) is 19.2 Å². The van der Waals surface area contributed by atoms with Crippen molar-refractivity contribution < 1.29 is 9.59 Å². The first-order chi connectivity index (χ1) is 18.7. The molecule has 3 aromatic heterocycles. The van der Waals surface area contributed by atoms with Crippen molar-refractivity contribution in [3.8, 4) is 0 Å². The van der Waals surface area contributed by atoms with Gasteiger partial charge in [0.1, 0.15) is 11.3 Å². The fraction of sp³-hybridized carbons (Fsp3) is 0.200. The summed E-state index contributed by atoms with van der Waals surface area (Å²) in [6.07, 6.45) is 3.36. The zero-order valence-corrected chi connectivity index (χ0v) is 21.9. The van der Waals surface area contributed by atoms with Crippen LogP contribution in [0.4, 0.5) is 0 Å². The standard InChI is InChI=1S/C30H27N5O4/c1-19-9-10-31-24(11-19)26(37)16-25(36)23-14-21(12-20-7-5-4-6-8-20)13-22(15-23)17-35-18-32-27-28(35)33(2)30(39)34(3)29(27)38/h4-11,13-15,18H,12,16-17H2,1-3H3. The van der Waals surface area contributed by atoms with E-state index in [1.807, 2.05) is 49.4 Å². The predicted octanol–water partition coefficient (Wildman–Crippen LogP) is 3.23. The van der Waals surface area contributed by atoms with Gasteiger partial charge in [0, 0.05) is 25.9 Å². The molecule has 0 saturated heterocycles. The van der Waals surface area contributed by atoms with Gasteiger partial charge < -0.3 is 4.57 Å². The highest BCUT2D eigenvalue weighted by molar-refractivity contribution is 6.13. The number of carbonyl (C=O) groups is 2. The summed E-state index contributed by atoms with van der Waals surface area (Å²) in [5, 5.41) is 0. The van der Waals surface area contributed by atoms with Crippen molar-refractivity contribution in [2.24, 2.45) is 14.1 Å². The third-order valence-corrected chi connectivity index (χ3v) is 6.71. The smallest absolute Gasteiger partial charge is 0.312 e. The van der Waals surface area contributed by atoms with Gasteiger partial charge in [0.15, 0.2) is 17.1 Å². The predicted molar refractivity (Wildman–Crippen MR) is 147 cm³/mol. The number of hydrogen-bond donors (Lipinski definition) is 0. The van der Waals surface area contributed by atoms with Crippen molar-refractivity contribution in [1.29, 1.82) is 0 Å². The lowest BCUT2D eigenvalue weighted by atomic mass is 9.96. The monoisotopic (exact) mass is 521 g/mol. The molecule has 9 nitrogen and oxygen atoms in total. The third kappa shape index (κ3) is 5.24. The summed E-state index contributed by atoms with van der Waals surface area (Å²) < 4.78 is 4.13. The van der Waals surface area contributed by atoms with Crippen LogP contribution in [0.2, 0.25) is 0 Å². The quantitative estimate of drug-likeness (QED) is 0.229. The molecule has 0 N–H and O–H groups in total. The number of fused-ring (bicyclic) bond motifs is 1. The van der Waals surface area contributed by atoms with Crippen LogP contribution in [0.25, 0.3) is 11.2 Å².